The summed E-state index contributed by atoms with van der Waals surface area (Å²) in [6, 6.07) is 0. The molecule has 0 saturated carbocycles. The first-order valence-corrected chi connectivity index (χ1v) is 24.8. The summed E-state index contributed by atoms with van der Waals surface area (Å²) in [6.45, 7) is 2.38. The Bertz CT molecular complexity index is 1000. The summed E-state index contributed by atoms with van der Waals surface area (Å²) in [5, 5.41) is 18.3. The van der Waals surface area contributed by atoms with Gasteiger partial charge in [-0.2, -0.15) is 0 Å². The number of aliphatic hydroxyl groups excluding tert-OH is 2. The zero-order valence-corrected chi connectivity index (χ0v) is 37.5. The molecule has 0 amide bonds. The second kappa shape index (κ2) is 42.6. The highest BCUT2D eigenvalue weighted by Gasteiger charge is 2.27. The Morgan fingerprint density at radius 1 is 0.509 bits per heavy atom. The number of hydrogen-bond donors (Lipinski definition) is 3. The number of hydrogen-bond acceptors (Lipinski definition) is 9. The van der Waals surface area contributed by atoms with E-state index < -0.39 is 51.8 Å². The van der Waals surface area contributed by atoms with Gasteiger partial charge in [0.15, 0.2) is 6.10 Å². The maximum absolute atomic E-state index is 12.6. The monoisotopic (exact) mass is 831 g/mol. The zero-order chi connectivity index (χ0) is 41.9. The van der Waals surface area contributed by atoms with Gasteiger partial charge in [-0.15, -0.1) is 0 Å². The van der Waals surface area contributed by atoms with Crippen molar-refractivity contribution in [2.75, 3.05) is 26.4 Å². The van der Waals surface area contributed by atoms with Crippen LogP contribution in [0.2, 0.25) is 0 Å². The van der Waals surface area contributed by atoms with Crippen molar-refractivity contribution in [1.82, 2.24) is 0 Å². The third-order valence-corrected chi connectivity index (χ3v) is 11.0. The van der Waals surface area contributed by atoms with Crippen molar-refractivity contribution < 1.29 is 47.8 Å². The second-order valence-electron chi connectivity index (χ2n) is 15.8. The number of allylic oxidation sites excluding steroid dienone is 4. The van der Waals surface area contributed by atoms with Crippen LogP contribution in [0.1, 0.15) is 219 Å². The van der Waals surface area contributed by atoms with E-state index >= 15 is 0 Å². The predicted molar refractivity (Wildman–Crippen MR) is 233 cm³/mol. The fourth-order valence-corrected chi connectivity index (χ4v) is 7.24. The Hall–Kier alpha value is -1.55. The molecule has 0 aliphatic rings. The molecule has 0 aromatic carbocycles. The maximum Gasteiger partial charge on any atom is 0.472 e. The molecule has 0 rings (SSSR count). The van der Waals surface area contributed by atoms with Gasteiger partial charge in [0.2, 0.25) is 0 Å². The Morgan fingerprint density at radius 3 is 1.30 bits per heavy atom. The van der Waals surface area contributed by atoms with Crippen LogP contribution >= 0.6 is 7.82 Å². The van der Waals surface area contributed by atoms with Gasteiger partial charge in [-0.25, -0.2) is 4.57 Å². The SMILES string of the molecule is CCCCCCCC/C=C/CCCCCCCCCCCC(=O)OC[C@H](COP(=O)(O)OC[C@@H](O)CO)OC(=O)CCCC/C=C/CCCCCCCCCCC. The minimum Gasteiger partial charge on any atom is -0.462 e. The van der Waals surface area contributed by atoms with Crippen LogP contribution in [0, 0.1) is 0 Å². The Morgan fingerprint density at radius 2 is 0.860 bits per heavy atom. The normalized spacial score (nSPS) is 14.0. The first-order chi connectivity index (χ1) is 27.7. The van der Waals surface area contributed by atoms with Crippen molar-refractivity contribution >= 4 is 19.8 Å². The molecule has 0 spiro atoms. The van der Waals surface area contributed by atoms with Crippen LogP contribution in [0.3, 0.4) is 0 Å². The molecule has 11 heteroatoms. The van der Waals surface area contributed by atoms with Crippen LogP contribution in [0.15, 0.2) is 24.3 Å². The van der Waals surface area contributed by atoms with E-state index in [4.69, 9.17) is 23.6 Å². The van der Waals surface area contributed by atoms with Gasteiger partial charge in [0.25, 0.3) is 0 Å². The first kappa shape index (κ1) is 55.5. The molecule has 0 aliphatic carbocycles. The van der Waals surface area contributed by atoms with E-state index in [0.29, 0.717) is 12.8 Å². The summed E-state index contributed by atoms with van der Waals surface area (Å²) < 4.78 is 32.7. The van der Waals surface area contributed by atoms with Gasteiger partial charge >= 0.3 is 19.8 Å². The quantitative estimate of drug-likeness (QED) is 0.0234. The minimum atomic E-state index is -4.62. The highest BCUT2D eigenvalue weighted by atomic mass is 31.2. The van der Waals surface area contributed by atoms with Crippen LogP contribution in [-0.2, 0) is 32.7 Å². The molecule has 336 valence electrons. The van der Waals surface area contributed by atoms with Crippen molar-refractivity contribution in [3.63, 3.8) is 0 Å². The molecule has 0 bridgehead atoms. The fraction of sp³-hybridized carbons (Fsp3) is 0.870. The van der Waals surface area contributed by atoms with Gasteiger partial charge in [0.05, 0.1) is 19.8 Å². The molecule has 3 N–H and O–H groups in total. The fourth-order valence-electron chi connectivity index (χ4n) is 6.45. The Balaban J connectivity index is 4.24. The average molecular weight is 831 g/mol. The second-order valence-corrected chi connectivity index (χ2v) is 17.2. The number of aliphatic hydroxyl groups is 2. The summed E-state index contributed by atoms with van der Waals surface area (Å²) in [5.41, 5.74) is 0. The number of rotatable bonds is 44. The molecule has 0 saturated heterocycles. The molecule has 0 aromatic rings. The number of esters is 2. The number of unbranched alkanes of at least 4 members (excludes halogenated alkanes) is 26. The van der Waals surface area contributed by atoms with Gasteiger partial charge in [-0.3, -0.25) is 18.6 Å². The lowest BCUT2D eigenvalue weighted by atomic mass is 10.1. The Kier molecular flexibility index (Phi) is 41.4. The topological polar surface area (TPSA) is 149 Å². The van der Waals surface area contributed by atoms with E-state index in [1.807, 2.05) is 0 Å². The summed E-state index contributed by atoms with van der Waals surface area (Å²) >= 11 is 0. The van der Waals surface area contributed by atoms with Gasteiger partial charge in [-0.05, 0) is 64.2 Å². The molecular weight excluding hydrogens is 743 g/mol. The lowest BCUT2D eigenvalue weighted by Gasteiger charge is -2.20. The van der Waals surface area contributed by atoms with Crippen molar-refractivity contribution in [3.8, 4) is 0 Å². The molecular formula is C46H87O10P. The third-order valence-electron chi connectivity index (χ3n) is 10.1. The van der Waals surface area contributed by atoms with Crippen LogP contribution in [0.5, 0.6) is 0 Å². The summed E-state index contributed by atoms with van der Waals surface area (Å²) in [4.78, 5) is 35.0. The standard InChI is InChI=1S/C46H87O10P/c1-3-5-7-9-11-13-15-17-19-20-21-22-24-25-27-29-31-33-35-37-45(49)53-41-44(42-55-57(51,52)54-40-43(48)39-47)56-46(50)38-36-34-32-30-28-26-23-18-16-14-12-10-8-6-4-2/h17,19,28,30,43-44,47-48H,3-16,18,20-27,29,31-42H2,1-2H3,(H,51,52)/b19-17+,30-28+/t43-,44+/m0/s1. The average Bonchev–Trinajstić information content (AvgIpc) is 3.20. The van der Waals surface area contributed by atoms with E-state index in [2.05, 4.69) is 38.2 Å². The van der Waals surface area contributed by atoms with Crippen molar-refractivity contribution in [2.45, 2.75) is 232 Å². The maximum atomic E-state index is 12.6. The summed E-state index contributed by atoms with van der Waals surface area (Å²) in [6.07, 6.45) is 42.9. The lowest BCUT2D eigenvalue weighted by Crippen LogP contribution is -2.29. The smallest absolute Gasteiger partial charge is 0.462 e. The van der Waals surface area contributed by atoms with Gasteiger partial charge in [-0.1, -0.05) is 167 Å². The molecule has 10 nitrogen and oxygen atoms in total. The van der Waals surface area contributed by atoms with E-state index in [1.54, 1.807) is 0 Å². The van der Waals surface area contributed by atoms with Crippen LogP contribution in [0.25, 0.3) is 0 Å². The molecule has 3 atom stereocenters. The molecule has 0 aromatic heterocycles. The predicted octanol–water partition coefficient (Wildman–Crippen LogP) is 12.6. The molecule has 57 heavy (non-hydrogen) atoms. The molecule has 0 heterocycles. The molecule has 0 radical (unpaired) electrons. The Labute approximate surface area is 348 Å². The highest BCUT2D eigenvalue weighted by Crippen LogP contribution is 2.43. The van der Waals surface area contributed by atoms with E-state index in [0.717, 1.165) is 38.5 Å². The number of ether oxygens (including phenoxy) is 2. The first-order valence-electron chi connectivity index (χ1n) is 23.3. The third kappa shape index (κ3) is 42.4. The van der Waals surface area contributed by atoms with E-state index in [1.165, 1.54) is 141 Å². The lowest BCUT2D eigenvalue weighted by molar-refractivity contribution is -0.161. The minimum absolute atomic E-state index is 0.156. The number of phosphoric acid groups is 1. The molecule has 1 unspecified atom stereocenters. The zero-order valence-electron chi connectivity index (χ0n) is 36.6. The number of carbonyl (C=O) groups is 2. The van der Waals surface area contributed by atoms with Gasteiger partial charge in [0, 0.05) is 12.8 Å². The largest absolute Gasteiger partial charge is 0.472 e. The van der Waals surface area contributed by atoms with Gasteiger partial charge < -0.3 is 24.6 Å². The van der Waals surface area contributed by atoms with Crippen molar-refractivity contribution in [3.05, 3.63) is 24.3 Å². The summed E-state index contributed by atoms with van der Waals surface area (Å²) in [5.74, 6) is -0.945. The van der Waals surface area contributed by atoms with Crippen LogP contribution < -0.4 is 0 Å². The summed E-state index contributed by atoms with van der Waals surface area (Å²) in [7, 11) is -4.62. The number of phosphoric ester groups is 1. The van der Waals surface area contributed by atoms with Gasteiger partial charge in [0.1, 0.15) is 12.7 Å². The highest BCUT2D eigenvalue weighted by molar-refractivity contribution is 7.47. The van der Waals surface area contributed by atoms with E-state index in [9.17, 15) is 24.2 Å². The van der Waals surface area contributed by atoms with E-state index in [-0.39, 0.29) is 19.4 Å². The van der Waals surface area contributed by atoms with Crippen molar-refractivity contribution in [2.24, 2.45) is 0 Å². The molecule has 0 fully saturated rings. The molecule has 0 aliphatic heterocycles. The number of carbonyl (C=O) groups excluding carboxylic acids is 2. The van der Waals surface area contributed by atoms with Crippen LogP contribution in [-0.4, -0.2) is 65.7 Å². The van der Waals surface area contributed by atoms with Crippen LogP contribution in [0.4, 0.5) is 0 Å². The van der Waals surface area contributed by atoms with Crippen molar-refractivity contribution in [1.29, 1.82) is 0 Å².